The lowest BCUT2D eigenvalue weighted by Crippen LogP contribution is -2.33. The summed E-state index contributed by atoms with van der Waals surface area (Å²) in [6, 6.07) is 3.45. The van der Waals surface area contributed by atoms with Crippen LogP contribution in [0.15, 0.2) is 18.3 Å². The predicted octanol–water partition coefficient (Wildman–Crippen LogP) is 2.66. The molecular formula is C16H26N4O. The van der Waals surface area contributed by atoms with Gasteiger partial charge in [0.1, 0.15) is 5.69 Å². The van der Waals surface area contributed by atoms with Gasteiger partial charge in [0, 0.05) is 19.3 Å². The van der Waals surface area contributed by atoms with Gasteiger partial charge in [-0.15, -0.1) is 0 Å². The summed E-state index contributed by atoms with van der Waals surface area (Å²) in [4.78, 5) is 18.7. The van der Waals surface area contributed by atoms with Gasteiger partial charge < -0.3 is 10.3 Å². The average Bonchev–Trinajstić information content (AvgIpc) is 2.72. The van der Waals surface area contributed by atoms with Gasteiger partial charge in [0.15, 0.2) is 0 Å². The Balaban J connectivity index is 2.06. The lowest BCUT2D eigenvalue weighted by atomic mass is 9.77. The van der Waals surface area contributed by atoms with Crippen molar-refractivity contribution in [3.63, 3.8) is 0 Å². The summed E-state index contributed by atoms with van der Waals surface area (Å²) in [5.74, 6) is 6.05. The number of likely N-dealkylation sites (tertiary alicyclic amines) is 1. The Labute approximate surface area is 126 Å². The zero-order valence-corrected chi connectivity index (χ0v) is 13.2. The van der Waals surface area contributed by atoms with E-state index in [-0.39, 0.29) is 5.91 Å². The maximum Gasteiger partial charge on any atom is 0.272 e. The van der Waals surface area contributed by atoms with E-state index >= 15 is 0 Å². The third-order valence-corrected chi connectivity index (χ3v) is 4.39. The van der Waals surface area contributed by atoms with Crippen molar-refractivity contribution in [1.29, 1.82) is 0 Å². The second-order valence-corrected chi connectivity index (χ2v) is 6.86. The normalized spacial score (nSPS) is 20.0. The molecule has 1 aromatic heterocycles. The topological polar surface area (TPSA) is 71.2 Å². The molecule has 1 unspecified atom stereocenters. The number of carbonyl (C=O) groups excluding carboxylic acids is 1. The van der Waals surface area contributed by atoms with Gasteiger partial charge in [-0.05, 0) is 42.7 Å². The molecule has 0 aliphatic carbocycles. The Morgan fingerprint density at radius 1 is 1.38 bits per heavy atom. The van der Waals surface area contributed by atoms with E-state index < -0.39 is 0 Å². The summed E-state index contributed by atoms with van der Waals surface area (Å²) in [6.07, 6.45) is 4.91. The predicted molar refractivity (Wildman–Crippen MR) is 84.7 cm³/mol. The zero-order chi connectivity index (χ0) is 15.5. The number of aromatic nitrogens is 1. The summed E-state index contributed by atoms with van der Waals surface area (Å²) in [6.45, 7) is 8.48. The summed E-state index contributed by atoms with van der Waals surface area (Å²) in [7, 11) is 0. The van der Waals surface area contributed by atoms with E-state index in [1.165, 1.54) is 6.42 Å². The first-order valence-electron chi connectivity index (χ1n) is 7.64. The minimum absolute atomic E-state index is 0.00154. The fourth-order valence-corrected chi connectivity index (χ4v) is 2.96. The van der Waals surface area contributed by atoms with Crippen molar-refractivity contribution in [3.05, 3.63) is 24.0 Å². The molecule has 1 aliphatic rings. The second kappa shape index (κ2) is 6.43. The fourth-order valence-electron chi connectivity index (χ4n) is 2.96. The van der Waals surface area contributed by atoms with Gasteiger partial charge in [-0.3, -0.25) is 15.6 Å². The first kappa shape index (κ1) is 15.8. The van der Waals surface area contributed by atoms with E-state index in [1.54, 1.807) is 18.3 Å². The van der Waals surface area contributed by atoms with Crippen LogP contribution in [0.5, 0.6) is 0 Å². The van der Waals surface area contributed by atoms with Crippen molar-refractivity contribution in [2.75, 3.05) is 18.5 Å². The highest BCUT2D eigenvalue weighted by atomic mass is 16.2. The SMILES string of the molecule is CC(C)(C)C1CCCN(C(=O)c2cc(NN)ccn2)CC1. The number of nitrogens with one attached hydrogen (secondary N) is 1. The van der Waals surface area contributed by atoms with E-state index in [0.717, 1.165) is 25.9 Å². The molecule has 1 fully saturated rings. The lowest BCUT2D eigenvalue weighted by Gasteiger charge is -2.29. The van der Waals surface area contributed by atoms with Crippen molar-refractivity contribution in [2.45, 2.75) is 40.0 Å². The highest BCUT2D eigenvalue weighted by Crippen LogP contribution is 2.34. The first-order valence-corrected chi connectivity index (χ1v) is 7.64. The standard InChI is InChI=1S/C16H26N4O/c1-16(2,3)12-5-4-9-20(10-7-12)15(21)14-11-13(19-17)6-8-18-14/h6,8,11-12H,4-5,7,9-10,17H2,1-3H3,(H,18,19). The van der Waals surface area contributed by atoms with Crippen LogP contribution in [0.4, 0.5) is 5.69 Å². The molecule has 0 aromatic carbocycles. The number of anilines is 1. The van der Waals surface area contributed by atoms with Gasteiger partial charge in [-0.1, -0.05) is 20.8 Å². The number of pyridine rings is 1. The summed E-state index contributed by atoms with van der Waals surface area (Å²) >= 11 is 0. The molecule has 3 N–H and O–H groups in total. The first-order chi connectivity index (χ1) is 9.91. The van der Waals surface area contributed by atoms with Crippen molar-refractivity contribution < 1.29 is 4.79 Å². The fraction of sp³-hybridized carbons (Fsp3) is 0.625. The van der Waals surface area contributed by atoms with Crippen LogP contribution in [0.1, 0.15) is 50.5 Å². The highest BCUT2D eigenvalue weighted by Gasteiger charge is 2.29. The van der Waals surface area contributed by atoms with Gasteiger partial charge in [0.05, 0.1) is 5.69 Å². The molecular weight excluding hydrogens is 264 g/mol. The minimum Gasteiger partial charge on any atom is -0.337 e. The molecule has 2 rings (SSSR count). The molecule has 1 aliphatic heterocycles. The Morgan fingerprint density at radius 3 is 2.81 bits per heavy atom. The molecule has 0 saturated carbocycles. The molecule has 2 heterocycles. The Kier molecular flexibility index (Phi) is 4.83. The maximum atomic E-state index is 12.6. The lowest BCUT2D eigenvalue weighted by molar-refractivity contribution is 0.0750. The average molecular weight is 290 g/mol. The smallest absolute Gasteiger partial charge is 0.272 e. The van der Waals surface area contributed by atoms with Gasteiger partial charge >= 0.3 is 0 Å². The molecule has 1 atom stereocenters. The van der Waals surface area contributed by atoms with Crippen molar-refractivity contribution >= 4 is 11.6 Å². The molecule has 1 saturated heterocycles. The number of hydrazine groups is 1. The summed E-state index contributed by atoms with van der Waals surface area (Å²) < 4.78 is 0. The van der Waals surface area contributed by atoms with Gasteiger partial charge in [-0.25, -0.2) is 0 Å². The third kappa shape index (κ3) is 3.94. The van der Waals surface area contributed by atoms with Crippen LogP contribution >= 0.6 is 0 Å². The molecule has 1 amide bonds. The van der Waals surface area contributed by atoms with E-state index in [4.69, 9.17) is 5.84 Å². The van der Waals surface area contributed by atoms with Crippen molar-refractivity contribution in [3.8, 4) is 0 Å². The van der Waals surface area contributed by atoms with E-state index in [9.17, 15) is 4.79 Å². The third-order valence-electron chi connectivity index (χ3n) is 4.39. The molecule has 0 bridgehead atoms. The summed E-state index contributed by atoms with van der Waals surface area (Å²) in [5, 5.41) is 0. The molecule has 21 heavy (non-hydrogen) atoms. The zero-order valence-electron chi connectivity index (χ0n) is 13.2. The van der Waals surface area contributed by atoms with Crippen LogP contribution in [0.2, 0.25) is 0 Å². The van der Waals surface area contributed by atoms with Crippen LogP contribution in [0, 0.1) is 11.3 Å². The molecule has 0 radical (unpaired) electrons. The number of nitrogens with two attached hydrogens (primary N) is 1. The summed E-state index contributed by atoms with van der Waals surface area (Å²) in [5.41, 5.74) is 4.02. The van der Waals surface area contributed by atoms with Crippen LogP contribution < -0.4 is 11.3 Å². The monoisotopic (exact) mass is 290 g/mol. The molecule has 1 aromatic rings. The number of carbonyl (C=O) groups is 1. The van der Waals surface area contributed by atoms with Gasteiger partial charge in [0.2, 0.25) is 0 Å². The minimum atomic E-state index is 0.00154. The Bertz CT molecular complexity index is 495. The largest absolute Gasteiger partial charge is 0.337 e. The maximum absolute atomic E-state index is 12.6. The van der Waals surface area contributed by atoms with Crippen molar-refractivity contribution in [2.24, 2.45) is 17.2 Å². The van der Waals surface area contributed by atoms with Crippen LogP contribution in [0.3, 0.4) is 0 Å². The number of nitrogen functional groups attached to an aromatic ring is 1. The van der Waals surface area contributed by atoms with Gasteiger partial charge in [-0.2, -0.15) is 0 Å². The number of hydrogen-bond acceptors (Lipinski definition) is 4. The van der Waals surface area contributed by atoms with E-state index in [2.05, 4.69) is 31.2 Å². The number of rotatable bonds is 2. The van der Waals surface area contributed by atoms with Crippen molar-refractivity contribution in [1.82, 2.24) is 9.88 Å². The molecule has 0 spiro atoms. The quantitative estimate of drug-likeness (QED) is 0.649. The Hall–Kier alpha value is -1.62. The molecule has 116 valence electrons. The number of hydrogen-bond donors (Lipinski definition) is 2. The van der Waals surface area contributed by atoms with Gasteiger partial charge in [0.25, 0.3) is 5.91 Å². The number of nitrogens with zero attached hydrogens (tertiary/aromatic N) is 2. The highest BCUT2D eigenvalue weighted by molar-refractivity contribution is 5.93. The number of amides is 1. The van der Waals surface area contributed by atoms with Crippen LogP contribution in [0.25, 0.3) is 0 Å². The van der Waals surface area contributed by atoms with E-state index in [0.29, 0.717) is 22.7 Å². The molecule has 5 nitrogen and oxygen atoms in total. The van der Waals surface area contributed by atoms with E-state index in [1.807, 2.05) is 4.90 Å². The Morgan fingerprint density at radius 2 is 2.14 bits per heavy atom. The van der Waals surface area contributed by atoms with Crippen LogP contribution in [-0.4, -0.2) is 28.9 Å². The van der Waals surface area contributed by atoms with Crippen LogP contribution in [-0.2, 0) is 0 Å². The molecule has 5 heteroatoms. The second-order valence-electron chi connectivity index (χ2n) is 6.86.